The lowest BCUT2D eigenvalue weighted by molar-refractivity contribution is -0.163. The zero-order valence-corrected chi connectivity index (χ0v) is 22.2. The number of fused-ring (bicyclic) bond motifs is 4. The number of nitrogens with zero attached hydrogens (tertiary/aromatic N) is 3. The molecule has 9 nitrogen and oxygen atoms in total. The highest BCUT2D eigenvalue weighted by Gasteiger charge is 2.62. The van der Waals surface area contributed by atoms with Crippen molar-refractivity contribution in [3.8, 4) is 0 Å². The zero-order chi connectivity index (χ0) is 26.6. The van der Waals surface area contributed by atoms with Crippen LogP contribution in [0.1, 0.15) is 36.7 Å². The minimum Gasteiger partial charge on any atom is -0.477 e. The Balaban J connectivity index is 1.19. The van der Waals surface area contributed by atoms with Gasteiger partial charge in [0.25, 0.3) is 5.91 Å². The first-order valence-corrected chi connectivity index (χ1v) is 14.4. The van der Waals surface area contributed by atoms with Gasteiger partial charge in [0.15, 0.2) is 4.34 Å². The summed E-state index contributed by atoms with van der Waals surface area (Å²) in [6, 6.07) is 10.5. The van der Waals surface area contributed by atoms with Gasteiger partial charge >= 0.3 is 5.97 Å². The van der Waals surface area contributed by atoms with Crippen LogP contribution in [0, 0.1) is 17.8 Å². The zero-order valence-electron chi connectivity index (χ0n) is 20.5. The van der Waals surface area contributed by atoms with E-state index in [4.69, 9.17) is 4.98 Å². The molecule has 2 aromatic heterocycles. The fraction of sp³-hybridized carbons (Fsp3) is 0.370. The van der Waals surface area contributed by atoms with Crippen molar-refractivity contribution in [3.63, 3.8) is 0 Å². The number of carboxylic acid groups (broad SMARTS) is 1. The number of aliphatic hydroxyl groups is 1. The molecule has 1 aromatic carbocycles. The van der Waals surface area contributed by atoms with E-state index in [1.807, 2.05) is 18.2 Å². The fourth-order valence-electron chi connectivity index (χ4n) is 6.08. The number of hydrogen-bond acceptors (Lipinski definition) is 8. The highest BCUT2D eigenvalue weighted by atomic mass is 32.2. The molecule has 2 amide bonds. The van der Waals surface area contributed by atoms with Gasteiger partial charge in [-0.2, -0.15) is 0 Å². The Hall–Kier alpha value is -3.28. The summed E-state index contributed by atoms with van der Waals surface area (Å²) < 4.78 is 1.81. The number of aliphatic carboxylic acids is 1. The number of rotatable bonds is 7. The van der Waals surface area contributed by atoms with E-state index in [1.165, 1.54) is 16.2 Å². The molecule has 5 atom stereocenters. The first-order valence-electron chi connectivity index (χ1n) is 12.6. The van der Waals surface area contributed by atoms with Gasteiger partial charge in [0.2, 0.25) is 5.91 Å². The van der Waals surface area contributed by atoms with Crippen LogP contribution in [0.25, 0.3) is 10.2 Å². The van der Waals surface area contributed by atoms with Crippen LogP contribution in [0.5, 0.6) is 0 Å². The Morgan fingerprint density at radius 2 is 2.11 bits per heavy atom. The number of amides is 2. The molecular formula is C27H26N4O5S2. The molecule has 3 aliphatic rings. The summed E-state index contributed by atoms with van der Waals surface area (Å²) in [6.07, 6.45) is 3.43. The van der Waals surface area contributed by atoms with Crippen LogP contribution in [0.3, 0.4) is 0 Å². The monoisotopic (exact) mass is 550 g/mol. The predicted molar refractivity (Wildman–Crippen MR) is 144 cm³/mol. The van der Waals surface area contributed by atoms with Crippen molar-refractivity contribution < 1.29 is 24.6 Å². The van der Waals surface area contributed by atoms with Crippen LogP contribution in [0.4, 0.5) is 5.69 Å². The molecule has 196 valence electrons. The summed E-state index contributed by atoms with van der Waals surface area (Å²) in [5.74, 6) is -1.49. The lowest BCUT2D eigenvalue weighted by Gasteiger charge is -2.47. The summed E-state index contributed by atoms with van der Waals surface area (Å²) in [5.41, 5.74) is 2.82. The lowest BCUT2D eigenvalue weighted by atomic mass is 9.70. The maximum Gasteiger partial charge on any atom is 0.352 e. The van der Waals surface area contributed by atoms with Crippen LogP contribution in [0.2, 0.25) is 0 Å². The van der Waals surface area contributed by atoms with E-state index >= 15 is 0 Å². The van der Waals surface area contributed by atoms with E-state index in [2.05, 4.69) is 10.3 Å². The fourth-order valence-corrected chi connectivity index (χ4v) is 8.38. The molecule has 3 N–H and O–H groups in total. The Kier molecular flexibility index (Phi) is 6.45. The van der Waals surface area contributed by atoms with Crippen LogP contribution >= 0.6 is 23.1 Å². The van der Waals surface area contributed by atoms with Crippen LogP contribution in [0.15, 0.2) is 58.2 Å². The molecule has 1 aliphatic carbocycles. The number of benzene rings is 1. The number of pyridine rings is 1. The third-order valence-electron chi connectivity index (χ3n) is 7.68. The molecule has 0 spiro atoms. The first-order chi connectivity index (χ1) is 18.3. The quantitative estimate of drug-likeness (QED) is 0.297. The van der Waals surface area contributed by atoms with E-state index in [0.717, 1.165) is 39.4 Å². The molecule has 6 rings (SSSR count). The van der Waals surface area contributed by atoms with E-state index in [-0.39, 0.29) is 35.4 Å². The maximum absolute atomic E-state index is 12.7. The minimum absolute atomic E-state index is 0.0154. The van der Waals surface area contributed by atoms with Crippen molar-refractivity contribution in [2.75, 3.05) is 11.1 Å². The first kappa shape index (κ1) is 25.0. The van der Waals surface area contributed by atoms with Crippen molar-refractivity contribution >= 4 is 56.8 Å². The number of nitrogens with one attached hydrogen (secondary N) is 1. The molecule has 4 heterocycles. The van der Waals surface area contributed by atoms with Crippen molar-refractivity contribution in [3.05, 3.63) is 59.6 Å². The number of anilines is 1. The normalized spacial score (nSPS) is 25.1. The van der Waals surface area contributed by atoms with E-state index in [9.17, 15) is 24.6 Å². The molecule has 1 saturated heterocycles. The summed E-state index contributed by atoms with van der Waals surface area (Å²) in [5, 5.41) is 23.1. The van der Waals surface area contributed by atoms with Gasteiger partial charge in [-0.3, -0.25) is 14.6 Å². The molecule has 0 bridgehead atoms. The molecule has 0 radical (unpaired) electrons. The number of hydrogen-bond donors (Lipinski definition) is 3. The average molecular weight is 551 g/mol. The molecule has 11 heteroatoms. The van der Waals surface area contributed by atoms with Crippen molar-refractivity contribution in [2.24, 2.45) is 17.8 Å². The van der Waals surface area contributed by atoms with Gasteiger partial charge in [-0.25, -0.2) is 9.78 Å². The van der Waals surface area contributed by atoms with Crippen LogP contribution in [-0.2, 0) is 9.59 Å². The van der Waals surface area contributed by atoms with Gasteiger partial charge in [-0.1, -0.05) is 24.2 Å². The number of thioether (sulfide) groups is 1. The van der Waals surface area contributed by atoms with Gasteiger partial charge in [0.05, 0.1) is 28.3 Å². The third kappa shape index (κ3) is 4.18. The molecule has 38 heavy (non-hydrogen) atoms. The summed E-state index contributed by atoms with van der Waals surface area (Å²) >= 11 is 3.12. The highest BCUT2D eigenvalue weighted by molar-refractivity contribution is 8.01. The van der Waals surface area contributed by atoms with Gasteiger partial charge < -0.3 is 20.4 Å². The molecule has 3 aromatic rings. The number of aliphatic hydroxyl groups excluding tert-OH is 1. The van der Waals surface area contributed by atoms with Gasteiger partial charge in [-0.15, -0.1) is 11.3 Å². The highest BCUT2D eigenvalue weighted by Crippen LogP contribution is 2.54. The molecule has 1 saturated carbocycles. The smallest absolute Gasteiger partial charge is 0.352 e. The van der Waals surface area contributed by atoms with E-state index < -0.39 is 18.0 Å². The van der Waals surface area contributed by atoms with Crippen molar-refractivity contribution in [1.82, 2.24) is 14.9 Å². The summed E-state index contributed by atoms with van der Waals surface area (Å²) in [7, 11) is 0. The third-order valence-corrected chi connectivity index (χ3v) is 10.0. The molecule has 0 unspecified atom stereocenters. The predicted octanol–water partition coefficient (Wildman–Crippen LogP) is 4.01. The van der Waals surface area contributed by atoms with E-state index in [1.54, 1.807) is 43.1 Å². The van der Waals surface area contributed by atoms with E-state index in [0.29, 0.717) is 17.1 Å². The van der Waals surface area contributed by atoms with Gasteiger partial charge in [-0.05, 0) is 61.6 Å². The largest absolute Gasteiger partial charge is 0.477 e. The second-order valence-corrected chi connectivity index (χ2v) is 12.2. The Morgan fingerprint density at radius 1 is 1.26 bits per heavy atom. The molecule has 2 aliphatic heterocycles. The SMILES string of the molecule is C[C@@H](O)[C@H]1C(=O)N2C(C(=O)O)=C3[C@@H](CSc4nc5ccc(NC(=O)c6ccccn6)cc5s4)CCC[C@@H]3[C@H]12. The summed E-state index contributed by atoms with van der Waals surface area (Å²) in [6.45, 7) is 1.61. The second-order valence-electron chi connectivity index (χ2n) is 9.95. The number of carbonyl (C=O) groups excluding carboxylic acids is 2. The van der Waals surface area contributed by atoms with Crippen molar-refractivity contribution in [2.45, 2.75) is 42.7 Å². The summed E-state index contributed by atoms with van der Waals surface area (Å²) in [4.78, 5) is 47.7. The van der Waals surface area contributed by atoms with Gasteiger partial charge in [0.1, 0.15) is 11.4 Å². The molecular weight excluding hydrogens is 524 g/mol. The Morgan fingerprint density at radius 3 is 2.84 bits per heavy atom. The number of carbonyl (C=O) groups is 3. The number of thiazole rings is 1. The lowest BCUT2D eigenvalue weighted by Crippen LogP contribution is -2.64. The van der Waals surface area contributed by atoms with Crippen molar-refractivity contribution in [1.29, 1.82) is 0 Å². The van der Waals surface area contributed by atoms with Crippen LogP contribution < -0.4 is 5.32 Å². The number of carboxylic acids is 1. The van der Waals surface area contributed by atoms with Gasteiger partial charge in [0, 0.05) is 23.6 Å². The number of β-lactam (4-membered cyclic amide) rings is 1. The topological polar surface area (TPSA) is 133 Å². The standard InChI is InChI=1S/C27H26N4O5S2/c1-13(32)20-22-16-6-4-5-14(21(16)23(26(35)36)31(22)25(20)34)12-37-27-30-17-9-8-15(11-19(17)38-27)29-24(33)18-7-2-3-10-28-18/h2-3,7-11,13-14,16,20,22,32H,4-6,12H2,1H3,(H,29,33)(H,35,36)/t13-,14-,16+,20-,22-/m1/s1. The average Bonchev–Trinajstić information content (AvgIpc) is 3.44. The van der Waals surface area contributed by atoms with Crippen LogP contribution in [-0.4, -0.2) is 60.8 Å². The Bertz CT molecular complexity index is 1470. The minimum atomic E-state index is -1.07. The maximum atomic E-state index is 12.7. The molecule has 2 fully saturated rings. The second kappa shape index (κ2) is 9.79. The Labute approximate surface area is 227 Å². The number of aromatic nitrogens is 2.